The Bertz CT molecular complexity index is 1230. The minimum Gasteiger partial charge on any atom is -0.497 e. The van der Waals surface area contributed by atoms with E-state index in [4.69, 9.17) is 9.26 Å². The Morgan fingerprint density at radius 3 is 2.50 bits per heavy atom. The monoisotopic (exact) mass is 476 g/mol. The molecule has 0 radical (unpaired) electrons. The number of amides is 1. The number of amidine groups is 1. The lowest BCUT2D eigenvalue weighted by molar-refractivity contribution is -0.113. The molecule has 0 saturated heterocycles. The van der Waals surface area contributed by atoms with Crippen molar-refractivity contribution in [1.82, 2.24) is 10.1 Å². The second-order valence-electron chi connectivity index (χ2n) is 8.58. The van der Waals surface area contributed by atoms with E-state index in [2.05, 4.69) is 41.1 Å². The van der Waals surface area contributed by atoms with Crippen LogP contribution in [-0.4, -0.2) is 28.3 Å². The number of aromatic nitrogens is 2. The predicted octanol–water partition coefficient (Wildman–Crippen LogP) is 6.00. The summed E-state index contributed by atoms with van der Waals surface area (Å²) in [5, 5.41) is 4.57. The smallest absolute Gasteiger partial charge is 0.283 e. The summed E-state index contributed by atoms with van der Waals surface area (Å²) in [6.45, 7) is 8.33. The number of thioether (sulfide) groups is 1. The van der Waals surface area contributed by atoms with Gasteiger partial charge in [-0.3, -0.25) is 9.69 Å². The summed E-state index contributed by atoms with van der Waals surface area (Å²) in [5.41, 5.74) is 3.23. The molecular formula is C26H28N4O3S. The number of hydrogen-bond acceptors (Lipinski definition) is 7. The maximum Gasteiger partial charge on any atom is 0.283 e. The van der Waals surface area contributed by atoms with E-state index in [1.807, 2.05) is 56.3 Å². The van der Waals surface area contributed by atoms with Crippen LogP contribution in [0.2, 0.25) is 0 Å². The van der Waals surface area contributed by atoms with Gasteiger partial charge in [-0.25, -0.2) is 4.99 Å². The van der Waals surface area contributed by atoms with E-state index in [1.54, 1.807) is 12.0 Å². The topological polar surface area (TPSA) is 80.8 Å². The Labute approximate surface area is 203 Å². The van der Waals surface area contributed by atoms with Gasteiger partial charge in [-0.2, -0.15) is 4.98 Å². The minimum absolute atomic E-state index is 0.179. The highest BCUT2D eigenvalue weighted by molar-refractivity contribution is 8.13. The van der Waals surface area contributed by atoms with Gasteiger partial charge in [0.1, 0.15) is 11.4 Å². The number of aliphatic imine (C=N–C) groups is 1. The lowest BCUT2D eigenvalue weighted by Gasteiger charge is -2.18. The fourth-order valence-corrected chi connectivity index (χ4v) is 4.24. The highest BCUT2D eigenvalue weighted by Crippen LogP contribution is 2.32. The Morgan fingerprint density at radius 2 is 1.85 bits per heavy atom. The van der Waals surface area contributed by atoms with Gasteiger partial charge in [0.2, 0.25) is 5.89 Å². The predicted molar refractivity (Wildman–Crippen MR) is 136 cm³/mol. The molecule has 1 aliphatic rings. The zero-order valence-corrected chi connectivity index (χ0v) is 20.8. The van der Waals surface area contributed by atoms with Gasteiger partial charge in [-0.1, -0.05) is 74.9 Å². The molecule has 4 rings (SSSR count). The molecular weight excluding hydrogens is 448 g/mol. The van der Waals surface area contributed by atoms with Crippen molar-refractivity contribution in [3.8, 4) is 5.75 Å². The van der Waals surface area contributed by atoms with Crippen molar-refractivity contribution in [3.05, 3.63) is 77.1 Å². The van der Waals surface area contributed by atoms with E-state index >= 15 is 0 Å². The number of rotatable bonds is 7. The van der Waals surface area contributed by atoms with Crippen LogP contribution >= 0.6 is 11.8 Å². The standard InChI is InChI=1S/C26H28N4O3S/c1-16(2)19-11-9-18(10-12-19)13-22-25(31)30(20-7-6-8-21(14-20)32-5)26(27-22)34-15-23-28-24(17(3)4)29-33-23/h6-14,16-17H,15H2,1-5H3. The molecule has 0 unspecified atom stereocenters. The normalized spacial score (nSPS) is 15.0. The summed E-state index contributed by atoms with van der Waals surface area (Å²) >= 11 is 1.38. The summed E-state index contributed by atoms with van der Waals surface area (Å²) in [4.78, 5) is 24.1. The fourth-order valence-electron chi connectivity index (χ4n) is 3.39. The van der Waals surface area contributed by atoms with E-state index in [1.165, 1.54) is 17.3 Å². The lowest BCUT2D eigenvalue weighted by atomic mass is 10.0. The summed E-state index contributed by atoms with van der Waals surface area (Å²) in [6, 6.07) is 15.6. The van der Waals surface area contributed by atoms with Crippen LogP contribution in [0, 0.1) is 0 Å². The van der Waals surface area contributed by atoms with E-state index < -0.39 is 0 Å². The third-order valence-electron chi connectivity index (χ3n) is 5.37. The molecule has 0 spiro atoms. The third-order valence-corrected chi connectivity index (χ3v) is 6.30. The second kappa shape index (κ2) is 10.3. The highest BCUT2D eigenvalue weighted by atomic mass is 32.2. The molecule has 0 aliphatic carbocycles. The largest absolute Gasteiger partial charge is 0.497 e. The van der Waals surface area contributed by atoms with Crippen molar-refractivity contribution in [2.24, 2.45) is 4.99 Å². The molecule has 0 fully saturated rings. The average molecular weight is 477 g/mol. The molecule has 34 heavy (non-hydrogen) atoms. The molecule has 2 heterocycles. The molecule has 8 heteroatoms. The van der Waals surface area contributed by atoms with Gasteiger partial charge in [-0.15, -0.1) is 0 Å². The number of benzene rings is 2. The first-order chi connectivity index (χ1) is 16.4. The summed E-state index contributed by atoms with van der Waals surface area (Å²) in [5.74, 6) is 2.65. The van der Waals surface area contributed by atoms with Crippen molar-refractivity contribution >= 4 is 34.6 Å². The first-order valence-corrected chi connectivity index (χ1v) is 12.2. The maximum atomic E-state index is 13.4. The SMILES string of the molecule is COc1cccc(N2C(=O)C(=Cc3ccc(C(C)C)cc3)N=C2SCc2nc(C(C)C)no2)c1. The number of ether oxygens (including phenoxy) is 1. The molecule has 1 amide bonds. The van der Waals surface area contributed by atoms with Crippen LogP contribution in [0.4, 0.5) is 5.69 Å². The number of methoxy groups -OCH3 is 1. The molecule has 1 aromatic heterocycles. The first kappa shape index (κ1) is 23.8. The van der Waals surface area contributed by atoms with Gasteiger partial charge in [0.05, 0.1) is 18.6 Å². The van der Waals surface area contributed by atoms with E-state index in [0.29, 0.717) is 45.7 Å². The number of carbonyl (C=O) groups excluding carboxylic acids is 1. The molecule has 0 atom stereocenters. The van der Waals surface area contributed by atoms with Gasteiger partial charge >= 0.3 is 0 Å². The van der Waals surface area contributed by atoms with Crippen molar-refractivity contribution in [3.63, 3.8) is 0 Å². The zero-order valence-electron chi connectivity index (χ0n) is 20.0. The number of nitrogens with zero attached hydrogens (tertiary/aromatic N) is 4. The van der Waals surface area contributed by atoms with Gasteiger partial charge < -0.3 is 9.26 Å². The molecule has 0 N–H and O–H groups in total. The minimum atomic E-state index is -0.197. The van der Waals surface area contributed by atoms with Crippen LogP contribution in [0.3, 0.4) is 0 Å². The Hall–Kier alpha value is -3.39. The van der Waals surface area contributed by atoms with Crippen molar-refractivity contribution in [2.75, 3.05) is 12.0 Å². The van der Waals surface area contributed by atoms with Crippen LogP contribution in [0.25, 0.3) is 6.08 Å². The maximum absolute atomic E-state index is 13.4. The van der Waals surface area contributed by atoms with Gasteiger partial charge in [-0.05, 0) is 35.3 Å². The second-order valence-corrected chi connectivity index (χ2v) is 9.52. The van der Waals surface area contributed by atoms with Gasteiger partial charge in [0.25, 0.3) is 5.91 Å². The Balaban J connectivity index is 1.64. The molecule has 0 bridgehead atoms. The fraction of sp³-hybridized carbons (Fsp3) is 0.308. The molecule has 176 valence electrons. The molecule has 3 aromatic rings. The van der Waals surface area contributed by atoms with Crippen molar-refractivity contribution in [1.29, 1.82) is 0 Å². The summed E-state index contributed by atoms with van der Waals surface area (Å²) < 4.78 is 10.7. The average Bonchev–Trinajstić information content (AvgIpc) is 3.43. The van der Waals surface area contributed by atoms with E-state index in [-0.39, 0.29) is 11.8 Å². The van der Waals surface area contributed by atoms with E-state index in [9.17, 15) is 4.79 Å². The summed E-state index contributed by atoms with van der Waals surface area (Å²) in [6.07, 6.45) is 1.82. The number of anilines is 1. The lowest BCUT2D eigenvalue weighted by Crippen LogP contribution is -2.30. The number of hydrogen-bond donors (Lipinski definition) is 0. The summed E-state index contributed by atoms with van der Waals surface area (Å²) in [7, 11) is 1.60. The van der Waals surface area contributed by atoms with Crippen molar-refractivity contribution in [2.45, 2.75) is 45.3 Å². The molecule has 2 aromatic carbocycles. The Morgan fingerprint density at radius 1 is 1.09 bits per heavy atom. The van der Waals surface area contributed by atoms with Crippen LogP contribution < -0.4 is 9.64 Å². The molecule has 0 saturated carbocycles. The van der Waals surface area contributed by atoms with Crippen LogP contribution in [0.1, 0.15) is 62.4 Å². The van der Waals surface area contributed by atoms with E-state index in [0.717, 1.165) is 5.56 Å². The number of carbonyl (C=O) groups is 1. The first-order valence-electron chi connectivity index (χ1n) is 11.2. The van der Waals surface area contributed by atoms with Gasteiger partial charge in [0, 0.05) is 12.0 Å². The Kier molecular flexibility index (Phi) is 7.17. The van der Waals surface area contributed by atoms with Crippen LogP contribution in [0.5, 0.6) is 5.75 Å². The van der Waals surface area contributed by atoms with Gasteiger partial charge in [0.15, 0.2) is 11.0 Å². The quantitative estimate of drug-likeness (QED) is 0.389. The third kappa shape index (κ3) is 5.22. The van der Waals surface area contributed by atoms with Crippen molar-refractivity contribution < 1.29 is 14.1 Å². The van der Waals surface area contributed by atoms with Crippen LogP contribution in [0.15, 0.2) is 63.7 Å². The molecule has 7 nitrogen and oxygen atoms in total. The molecule has 1 aliphatic heterocycles. The zero-order chi connectivity index (χ0) is 24.2. The van der Waals surface area contributed by atoms with Crippen LogP contribution in [-0.2, 0) is 10.5 Å². The highest BCUT2D eigenvalue weighted by Gasteiger charge is 2.32.